The second-order valence-corrected chi connectivity index (χ2v) is 10.7. The van der Waals surface area contributed by atoms with Crippen molar-refractivity contribution in [3.05, 3.63) is 65.2 Å². The van der Waals surface area contributed by atoms with E-state index in [1.807, 2.05) is 65.3 Å². The van der Waals surface area contributed by atoms with Crippen LogP contribution in [0.2, 0.25) is 0 Å². The first-order valence-corrected chi connectivity index (χ1v) is 13.7. The molecule has 1 N–H and O–H groups in total. The van der Waals surface area contributed by atoms with Gasteiger partial charge in [0.05, 0.1) is 13.2 Å². The van der Waals surface area contributed by atoms with E-state index in [4.69, 9.17) is 4.74 Å². The number of carbonyl (C=O) groups is 3. The smallest absolute Gasteiger partial charge is 0.254 e. The number of nitrogens with zero attached hydrogens (tertiary/aromatic N) is 3. The molecule has 0 radical (unpaired) electrons. The Morgan fingerprint density at radius 3 is 2.58 bits per heavy atom. The topological polar surface area (TPSA) is 82.2 Å². The average molecular weight is 519 g/mol. The molecule has 2 aromatic rings. The summed E-state index contributed by atoms with van der Waals surface area (Å²) < 4.78 is 5.40. The molecule has 3 aliphatic rings. The fourth-order valence-electron chi connectivity index (χ4n) is 5.56. The first kappa shape index (κ1) is 26.2. The lowest BCUT2D eigenvalue weighted by atomic mass is 10.1. The minimum atomic E-state index is -0.591. The lowest BCUT2D eigenvalue weighted by Crippen LogP contribution is -2.48. The second kappa shape index (κ2) is 11.6. The van der Waals surface area contributed by atoms with Gasteiger partial charge in [-0.1, -0.05) is 29.8 Å². The molecule has 2 atom stereocenters. The Balaban J connectivity index is 1.44. The standard InChI is InChI=1S/C30H38N4O4/c1-21-7-9-23(10-8-21)29(36)34-20-25(18-27(34)30(37)32-15-4-13-31-14-16-32)33(28(35)24-11-12-24)19-22-5-3-6-26(17-22)38-2/h3,5-10,17,24-25,27,31H,4,11-16,18-20H2,1-2H3. The van der Waals surface area contributed by atoms with Crippen LogP contribution < -0.4 is 10.1 Å². The normalized spacial score (nSPS) is 21.6. The van der Waals surface area contributed by atoms with Gasteiger partial charge < -0.3 is 24.8 Å². The van der Waals surface area contributed by atoms with Crippen molar-refractivity contribution in [1.29, 1.82) is 0 Å². The maximum Gasteiger partial charge on any atom is 0.254 e. The van der Waals surface area contributed by atoms with E-state index in [2.05, 4.69) is 5.32 Å². The molecule has 0 aromatic heterocycles. The van der Waals surface area contributed by atoms with Crippen LogP contribution >= 0.6 is 0 Å². The van der Waals surface area contributed by atoms with Crippen molar-refractivity contribution in [3.8, 4) is 5.75 Å². The molecule has 0 bridgehead atoms. The van der Waals surface area contributed by atoms with Crippen molar-refractivity contribution in [2.75, 3.05) is 39.8 Å². The van der Waals surface area contributed by atoms with Gasteiger partial charge in [-0.05, 0) is 69.0 Å². The van der Waals surface area contributed by atoms with Gasteiger partial charge in [-0.25, -0.2) is 0 Å². The van der Waals surface area contributed by atoms with Crippen LogP contribution in [0, 0.1) is 12.8 Å². The monoisotopic (exact) mass is 518 g/mol. The Kier molecular flexibility index (Phi) is 7.98. The van der Waals surface area contributed by atoms with Crippen molar-refractivity contribution in [2.45, 2.75) is 51.2 Å². The highest BCUT2D eigenvalue weighted by atomic mass is 16.5. The number of likely N-dealkylation sites (tertiary alicyclic amines) is 1. The quantitative estimate of drug-likeness (QED) is 0.610. The van der Waals surface area contributed by atoms with E-state index in [9.17, 15) is 14.4 Å². The Morgan fingerprint density at radius 1 is 1.05 bits per heavy atom. The van der Waals surface area contributed by atoms with Crippen LogP contribution in [-0.4, -0.2) is 84.3 Å². The maximum absolute atomic E-state index is 13.9. The summed E-state index contributed by atoms with van der Waals surface area (Å²) in [6.07, 6.45) is 3.13. The summed E-state index contributed by atoms with van der Waals surface area (Å²) in [7, 11) is 1.63. The number of nitrogens with one attached hydrogen (secondary N) is 1. The van der Waals surface area contributed by atoms with Crippen molar-refractivity contribution in [2.24, 2.45) is 5.92 Å². The molecule has 5 rings (SSSR count). The van der Waals surface area contributed by atoms with Gasteiger partial charge in [-0.2, -0.15) is 0 Å². The van der Waals surface area contributed by atoms with Crippen LogP contribution in [0.1, 0.15) is 47.2 Å². The van der Waals surface area contributed by atoms with Gasteiger partial charge in [-0.3, -0.25) is 14.4 Å². The number of rotatable bonds is 7. The molecule has 2 heterocycles. The Bertz CT molecular complexity index is 1160. The first-order valence-electron chi connectivity index (χ1n) is 13.7. The summed E-state index contributed by atoms with van der Waals surface area (Å²) in [6.45, 7) is 5.69. The zero-order valence-corrected chi connectivity index (χ0v) is 22.4. The fraction of sp³-hybridized carbons (Fsp3) is 0.500. The summed E-state index contributed by atoms with van der Waals surface area (Å²) in [5.74, 6) is 0.725. The Labute approximate surface area is 224 Å². The summed E-state index contributed by atoms with van der Waals surface area (Å²) in [5, 5.41) is 3.35. The molecular formula is C30H38N4O4. The molecule has 202 valence electrons. The third kappa shape index (κ3) is 5.85. The summed E-state index contributed by atoms with van der Waals surface area (Å²) in [4.78, 5) is 46.7. The largest absolute Gasteiger partial charge is 0.497 e. The molecule has 3 amide bonds. The predicted molar refractivity (Wildman–Crippen MR) is 145 cm³/mol. The molecule has 2 aliphatic heterocycles. The van der Waals surface area contributed by atoms with Crippen LogP contribution in [0.15, 0.2) is 48.5 Å². The third-order valence-electron chi connectivity index (χ3n) is 7.91. The molecule has 38 heavy (non-hydrogen) atoms. The van der Waals surface area contributed by atoms with E-state index in [1.165, 1.54) is 0 Å². The number of aryl methyl sites for hydroxylation is 1. The number of carbonyl (C=O) groups excluding carboxylic acids is 3. The molecule has 1 aliphatic carbocycles. The zero-order valence-electron chi connectivity index (χ0n) is 22.4. The lowest BCUT2D eigenvalue weighted by Gasteiger charge is -2.30. The Hall–Kier alpha value is -3.39. The molecule has 8 nitrogen and oxygen atoms in total. The maximum atomic E-state index is 13.9. The molecule has 8 heteroatoms. The molecule has 2 saturated heterocycles. The molecule has 3 fully saturated rings. The highest BCUT2D eigenvalue weighted by Crippen LogP contribution is 2.35. The van der Waals surface area contributed by atoms with E-state index < -0.39 is 6.04 Å². The average Bonchev–Trinajstić information content (AvgIpc) is 3.74. The molecule has 2 aromatic carbocycles. The van der Waals surface area contributed by atoms with Crippen LogP contribution in [0.4, 0.5) is 0 Å². The lowest BCUT2D eigenvalue weighted by molar-refractivity contribution is -0.137. The van der Waals surface area contributed by atoms with E-state index >= 15 is 0 Å². The zero-order chi connectivity index (χ0) is 26.6. The SMILES string of the molecule is COc1cccc(CN(C(=O)C2CC2)C2CC(C(=O)N3CCCNCC3)N(C(=O)c3ccc(C)cc3)C2)c1. The van der Waals surface area contributed by atoms with E-state index in [1.54, 1.807) is 12.0 Å². The number of methoxy groups -OCH3 is 1. The first-order chi connectivity index (χ1) is 18.4. The van der Waals surface area contributed by atoms with Gasteiger partial charge in [0.1, 0.15) is 11.8 Å². The summed E-state index contributed by atoms with van der Waals surface area (Å²) in [6, 6.07) is 14.4. The van der Waals surface area contributed by atoms with Gasteiger partial charge >= 0.3 is 0 Å². The highest BCUT2D eigenvalue weighted by molar-refractivity contribution is 5.98. The summed E-state index contributed by atoms with van der Waals surface area (Å²) in [5.41, 5.74) is 2.62. The van der Waals surface area contributed by atoms with Gasteiger partial charge in [0.15, 0.2) is 0 Å². The second-order valence-electron chi connectivity index (χ2n) is 10.7. The number of amides is 3. The van der Waals surface area contributed by atoms with Crippen molar-refractivity contribution in [1.82, 2.24) is 20.0 Å². The van der Waals surface area contributed by atoms with E-state index in [0.29, 0.717) is 38.2 Å². The van der Waals surface area contributed by atoms with Crippen molar-refractivity contribution in [3.63, 3.8) is 0 Å². The van der Waals surface area contributed by atoms with Crippen LogP contribution in [0.5, 0.6) is 5.75 Å². The van der Waals surface area contributed by atoms with Crippen LogP contribution in [-0.2, 0) is 16.1 Å². The Morgan fingerprint density at radius 2 is 1.84 bits per heavy atom. The van der Waals surface area contributed by atoms with Crippen LogP contribution in [0.25, 0.3) is 0 Å². The number of benzene rings is 2. The number of hydrogen-bond donors (Lipinski definition) is 1. The van der Waals surface area contributed by atoms with E-state index in [-0.39, 0.29) is 29.7 Å². The number of hydrogen-bond acceptors (Lipinski definition) is 5. The van der Waals surface area contributed by atoms with E-state index in [0.717, 1.165) is 49.2 Å². The minimum absolute atomic E-state index is 0.0168. The van der Waals surface area contributed by atoms with Crippen molar-refractivity contribution >= 4 is 17.7 Å². The van der Waals surface area contributed by atoms with Crippen LogP contribution in [0.3, 0.4) is 0 Å². The summed E-state index contributed by atoms with van der Waals surface area (Å²) >= 11 is 0. The van der Waals surface area contributed by atoms with Gasteiger partial charge in [0.2, 0.25) is 11.8 Å². The number of ether oxygens (including phenoxy) is 1. The molecule has 1 saturated carbocycles. The fourth-order valence-corrected chi connectivity index (χ4v) is 5.56. The van der Waals surface area contributed by atoms with Gasteiger partial charge in [0.25, 0.3) is 5.91 Å². The van der Waals surface area contributed by atoms with Gasteiger partial charge in [0, 0.05) is 44.2 Å². The van der Waals surface area contributed by atoms with Gasteiger partial charge in [-0.15, -0.1) is 0 Å². The minimum Gasteiger partial charge on any atom is -0.497 e. The molecule has 2 unspecified atom stereocenters. The predicted octanol–water partition coefficient (Wildman–Crippen LogP) is 2.85. The third-order valence-corrected chi connectivity index (χ3v) is 7.91. The van der Waals surface area contributed by atoms with Crippen molar-refractivity contribution < 1.29 is 19.1 Å². The molecule has 0 spiro atoms. The highest BCUT2D eigenvalue weighted by Gasteiger charge is 2.46. The molecular weight excluding hydrogens is 480 g/mol.